The fourth-order valence-corrected chi connectivity index (χ4v) is 6.09. The van der Waals surface area contributed by atoms with Crippen molar-refractivity contribution >= 4 is 33.3 Å². The van der Waals surface area contributed by atoms with Crippen molar-refractivity contribution < 1.29 is 26.3 Å². The maximum Gasteiger partial charge on any atom is 0.416 e. The summed E-state index contributed by atoms with van der Waals surface area (Å²) in [5.74, 6) is 0.740. The molecule has 7 nitrogen and oxygen atoms in total. The lowest BCUT2D eigenvalue weighted by Crippen LogP contribution is -2.37. The Bertz CT molecular complexity index is 1770. The third-order valence-corrected chi connectivity index (χ3v) is 8.61. The maximum atomic E-state index is 13.8. The van der Waals surface area contributed by atoms with Crippen molar-refractivity contribution in [2.45, 2.75) is 24.0 Å². The molecule has 0 radical (unpaired) electrons. The van der Waals surface area contributed by atoms with Gasteiger partial charge in [-0.2, -0.15) is 19.7 Å². The molecule has 0 bridgehead atoms. The van der Waals surface area contributed by atoms with Crippen LogP contribution < -0.4 is 9.64 Å². The van der Waals surface area contributed by atoms with Crippen molar-refractivity contribution in [2.24, 2.45) is 5.10 Å². The summed E-state index contributed by atoms with van der Waals surface area (Å²) < 4.78 is 75.3. The van der Waals surface area contributed by atoms with Gasteiger partial charge in [0.15, 0.2) is 0 Å². The fraction of sp³-hybridized carbons (Fsp3) is 0.133. The normalized spacial score (nSPS) is 16.5. The minimum Gasteiger partial charge on any atom is -0.457 e. The first kappa shape index (κ1) is 29.0. The summed E-state index contributed by atoms with van der Waals surface area (Å²) in [6, 6.07) is 23.1. The first-order valence-electron chi connectivity index (χ1n) is 12.5. The molecule has 0 unspecified atom stereocenters. The van der Waals surface area contributed by atoms with Gasteiger partial charge in [0.05, 0.1) is 23.0 Å². The summed E-state index contributed by atoms with van der Waals surface area (Å²) in [4.78, 5) is 4.52. The summed E-state index contributed by atoms with van der Waals surface area (Å²) >= 11 is 5.93. The van der Waals surface area contributed by atoms with Crippen molar-refractivity contribution in [1.82, 2.24) is 4.31 Å². The van der Waals surface area contributed by atoms with Gasteiger partial charge in [0.1, 0.15) is 16.6 Å². The minimum atomic E-state index is -4.61. The lowest BCUT2D eigenvalue weighted by molar-refractivity contribution is -0.137. The van der Waals surface area contributed by atoms with Gasteiger partial charge in [-0.1, -0.05) is 41.4 Å². The molecule has 0 aliphatic carbocycles. The number of sulfonamides is 1. The third-order valence-electron chi connectivity index (χ3n) is 6.60. The Morgan fingerprint density at radius 1 is 0.952 bits per heavy atom. The van der Waals surface area contributed by atoms with E-state index in [1.54, 1.807) is 60.7 Å². The fourth-order valence-electron chi connectivity index (χ4n) is 4.55. The predicted octanol–water partition coefficient (Wildman–Crippen LogP) is 7.90. The molecule has 0 amide bonds. The van der Waals surface area contributed by atoms with E-state index in [-0.39, 0.29) is 23.0 Å². The molecule has 42 heavy (non-hydrogen) atoms. The smallest absolute Gasteiger partial charge is 0.416 e. The van der Waals surface area contributed by atoms with Crippen LogP contribution in [0.1, 0.15) is 22.7 Å². The van der Waals surface area contributed by atoms with Crippen LogP contribution in [-0.2, 0) is 16.2 Å². The van der Waals surface area contributed by atoms with E-state index in [9.17, 15) is 21.6 Å². The first-order chi connectivity index (χ1) is 20.0. The quantitative estimate of drug-likeness (QED) is 0.164. The molecule has 0 saturated carbocycles. The van der Waals surface area contributed by atoms with Gasteiger partial charge in [0.25, 0.3) is 10.0 Å². The van der Waals surface area contributed by atoms with Crippen molar-refractivity contribution in [3.05, 3.63) is 130 Å². The SMILES string of the molecule is [C-]#[N+]/N=C1\N(c2ccc(Oc3ccc(Cl)cc3)cc2)[C@@H](c2cccc(C(F)(F)F)c2)CN1S(=O)(=O)c1ccc(C)cc1. The van der Waals surface area contributed by atoms with Crippen LogP contribution >= 0.6 is 11.6 Å². The zero-order valence-corrected chi connectivity index (χ0v) is 23.5. The van der Waals surface area contributed by atoms with Crippen LogP contribution in [0.3, 0.4) is 0 Å². The van der Waals surface area contributed by atoms with Crippen molar-refractivity contribution in [1.29, 1.82) is 0 Å². The van der Waals surface area contributed by atoms with E-state index >= 15 is 0 Å². The molecule has 1 atom stereocenters. The average molecular weight is 611 g/mol. The van der Waals surface area contributed by atoms with Crippen LogP contribution in [0.5, 0.6) is 11.5 Å². The van der Waals surface area contributed by atoms with Crippen LogP contribution in [0.25, 0.3) is 4.95 Å². The number of benzene rings is 4. The molecule has 12 heteroatoms. The second-order valence-electron chi connectivity index (χ2n) is 9.41. The number of nitrogens with zero attached hydrogens (tertiary/aromatic N) is 4. The Labute approximate surface area is 245 Å². The zero-order valence-electron chi connectivity index (χ0n) is 22.0. The van der Waals surface area contributed by atoms with E-state index in [1.165, 1.54) is 29.2 Å². The topological polar surface area (TPSA) is 66.6 Å². The van der Waals surface area contributed by atoms with E-state index in [1.807, 2.05) is 6.92 Å². The van der Waals surface area contributed by atoms with Gasteiger partial charge in [-0.3, -0.25) is 4.90 Å². The molecule has 0 spiro atoms. The number of ether oxygens (including phenoxy) is 1. The van der Waals surface area contributed by atoms with Gasteiger partial charge in [-0.25, -0.2) is 12.7 Å². The standard InChI is InChI=1S/C30H22ClF3N4O3S/c1-20-6-16-27(17-7-20)42(39,40)37-19-28(21-4-3-5-22(18-21)30(32,33)34)38(29(37)36-35-2)24-10-14-26(15-11-24)41-25-12-8-23(31)9-13-25/h3-18,28H,19H2,1H3/b36-29-/t28-/m1/s1. The molecular weight excluding hydrogens is 589 g/mol. The molecule has 1 aliphatic heterocycles. The van der Waals surface area contributed by atoms with Gasteiger partial charge >= 0.3 is 12.1 Å². The van der Waals surface area contributed by atoms with Crippen molar-refractivity contribution in [3.8, 4) is 11.5 Å². The summed E-state index contributed by atoms with van der Waals surface area (Å²) in [5.41, 5.74) is 0.556. The van der Waals surface area contributed by atoms with Gasteiger partial charge in [0.2, 0.25) is 0 Å². The monoisotopic (exact) mass is 610 g/mol. The highest BCUT2D eigenvalue weighted by Crippen LogP contribution is 2.40. The highest BCUT2D eigenvalue weighted by molar-refractivity contribution is 7.89. The minimum absolute atomic E-state index is 0.0397. The second kappa shape index (κ2) is 11.4. The van der Waals surface area contributed by atoms with Gasteiger partial charge in [0, 0.05) is 10.7 Å². The van der Waals surface area contributed by atoms with Crippen LogP contribution in [0.4, 0.5) is 18.9 Å². The van der Waals surface area contributed by atoms with Crippen LogP contribution in [0.2, 0.25) is 5.02 Å². The number of hydrogen-bond donors (Lipinski definition) is 0. The number of alkyl halides is 3. The molecule has 1 saturated heterocycles. The number of anilines is 1. The van der Waals surface area contributed by atoms with Crippen molar-refractivity contribution in [3.63, 3.8) is 0 Å². The Balaban J connectivity index is 1.59. The summed E-state index contributed by atoms with van der Waals surface area (Å²) in [6.07, 6.45) is -4.61. The van der Waals surface area contributed by atoms with Gasteiger partial charge in [-0.15, -0.1) is 4.95 Å². The van der Waals surface area contributed by atoms with E-state index in [0.29, 0.717) is 22.2 Å². The highest BCUT2D eigenvalue weighted by atomic mass is 35.5. The van der Waals surface area contributed by atoms with E-state index < -0.39 is 27.8 Å². The largest absolute Gasteiger partial charge is 0.457 e. The van der Waals surface area contributed by atoms with E-state index in [4.69, 9.17) is 22.9 Å². The van der Waals surface area contributed by atoms with Crippen molar-refractivity contribution in [2.75, 3.05) is 11.4 Å². The Morgan fingerprint density at radius 2 is 1.57 bits per heavy atom. The zero-order chi connectivity index (χ0) is 30.1. The Hall–Kier alpha value is -4.53. The third kappa shape index (κ3) is 5.91. The van der Waals surface area contributed by atoms with Gasteiger partial charge < -0.3 is 4.74 Å². The molecule has 1 fully saturated rings. The lowest BCUT2D eigenvalue weighted by Gasteiger charge is -2.25. The number of rotatable bonds is 6. The van der Waals surface area contributed by atoms with E-state index in [0.717, 1.165) is 22.0 Å². The molecule has 0 N–H and O–H groups in total. The second-order valence-corrected chi connectivity index (χ2v) is 11.7. The van der Waals surface area contributed by atoms with Crippen LogP contribution in [0.15, 0.2) is 107 Å². The van der Waals surface area contributed by atoms with Gasteiger partial charge in [-0.05, 0) is 85.3 Å². The molecular formula is C30H22ClF3N4O3S. The number of hydrogen-bond acceptors (Lipinski definition) is 4. The van der Waals surface area contributed by atoms with Crippen LogP contribution in [-0.4, -0.2) is 25.2 Å². The maximum absolute atomic E-state index is 13.8. The number of guanidine groups is 1. The molecule has 5 rings (SSSR count). The molecule has 0 aromatic heterocycles. The average Bonchev–Trinajstić information content (AvgIpc) is 3.35. The molecule has 4 aromatic carbocycles. The molecule has 214 valence electrons. The summed E-state index contributed by atoms with van der Waals surface area (Å²) in [5, 5.41) is 4.38. The van der Waals surface area contributed by atoms with Crippen LogP contribution in [0, 0.1) is 13.5 Å². The number of aryl methyl sites for hydroxylation is 1. The summed E-state index contributed by atoms with van der Waals surface area (Å²) in [7, 11) is -4.24. The first-order valence-corrected chi connectivity index (χ1v) is 14.3. The Morgan fingerprint density at radius 3 is 2.17 bits per heavy atom. The molecule has 1 aliphatic rings. The predicted molar refractivity (Wildman–Crippen MR) is 154 cm³/mol. The summed E-state index contributed by atoms with van der Waals surface area (Å²) in [6.45, 7) is 8.95. The number of halogens is 4. The Kier molecular flexibility index (Phi) is 7.86. The molecule has 4 aromatic rings. The molecule has 1 heterocycles. The van der Waals surface area contributed by atoms with E-state index in [2.05, 4.69) is 10.1 Å². The highest BCUT2D eigenvalue weighted by Gasteiger charge is 2.46. The lowest BCUT2D eigenvalue weighted by atomic mass is 10.0.